The molecule has 0 bridgehead atoms. The highest BCUT2D eigenvalue weighted by Gasteiger charge is 2.14. The Labute approximate surface area is 116 Å². The van der Waals surface area contributed by atoms with Gasteiger partial charge in [0, 0.05) is 10.0 Å². The number of hydrogen-bond acceptors (Lipinski definition) is 1. The minimum Gasteiger partial charge on any atom is -0.338 e. The standard InChI is InChI=1S/C14H9BrF2N2/c1-7-3-2-4-8(11(7)15)14-18-10-6-5-9(16)12(17)13(10)19-14/h2-6H,1H3,(H,18,19). The molecule has 0 unspecified atom stereocenters. The molecule has 2 nitrogen and oxygen atoms in total. The first-order valence-corrected chi connectivity index (χ1v) is 6.46. The van der Waals surface area contributed by atoms with Gasteiger partial charge in [-0.05, 0) is 40.5 Å². The predicted molar refractivity (Wildman–Crippen MR) is 73.9 cm³/mol. The van der Waals surface area contributed by atoms with Crippen LogP contribution in [0.25, 0.3) is 22.4 Å². The average molecular weight is 323 g/mol. The fourth-order valence-electron chi connectivity index (χ4n) is 1.98. The quantitative estimate of drug-likeness (QED) is 0.698. The molecule has 19 heavy (non-hydrogen) atoms. The lowest BCUT2D eigenvalue weighted by Gasteiger charge is -2.03. The summed E-state index contributed by atoms with van der Waals surface area (Å²) >= 11 is 3.48. The minimum absolute atomic E-state index is 0.0170. The first kappa shape index (κ1) is 12.3. The summed E-state index contributed by atoms with van der Waals surface area (Å²) in [6, 6.07) is 8.28. The number of benzene rings is 2. The number of aromatic amines is 1. The summed E-state index contributed by atoms with van der Waals surface area (Å²) in [7, 11) is 0. The third-order valence-corrected chi connectivity index (χ3v) is 4.05. The molecule has 0 aliphatic carbocycles. The van der Waals surface area contributed by atoms with Crippen LogP contribution in [-0.2, 0) is 0 Å². The maximum absolute atomic E-state index is 13.6. The van der Waals surface area contributed by atoms with E-state index < -0.39 is 11.6 Å². The predicted octanol–water partition coefficient (Wildman–Crippen LogP) is 4.58. The number of halogens is 3. The molecule has 0 fully saturated rings. The fraction of sp³-hybridized carbons (Fsp3) is 0.0714. The van der Waals surface area contributed by atoms with Crippen LogP contribution in [0.5, 0.6) is 0 Å². The lowest BCUT2D eigenvalue weighted by Crippen LogP contribution is -1.86. The van der Waals surface area contributed by atoms with Gasteiger partial charge in [0.1, 0.15) is 11.3 Å². The van der Waals surface area contributed by atoms with E-state index in [1.807, 2.05) is 25.1 Å². The first-order chi connectivity index (χ1) is 9.08. The number of aryl methyl sites for hydroxylation is 1. The third-order valence-electron chi connectivity index (χ3n) is 2.99. The molecule has 0 aliphatic rings. The smallest absolute Gasteiger partial charge is 0.186 e. The van der Waals surface area contributed by atoms with Gasteiger partial charge in [0.25, 0.3) is 0 Å². The second-order valence-corrected chi connectivity index (χ2v) is 5.07. The number of rotatable bonds is 1. The highest BCUT2D eigenvalue weighted by molar-refractivity contribution is 9.10. The van der Waals surface area contributed by atoms with Crippen molar-refractivity contribution in [3.63, 3.8) is 0 Å². The average Bonchev–Trinajstić information content (AvgIpc) is 2.82. The van der Waals surface area contributed by atoms with Crippen LogP contribution >= 0.6 is 15.9 Å². The molecular weight excluding hydrogens is 314 g/mol. The number of hydrogen-bond donors (Lipinski definition) is 1. The number of H-pyrrole nitrogens is 1. The van der Waals surface area contributed by atoms with Gasteiger partial charge in [-0.3, -0.25) is 0 Å². The van der Waals surface area contributed by atoms with Gasteiger partial charge in [0.15, 0.2) is 11.6 Å². The van der Waals surface area contributed by atoms with Crippen LogP contribution in [0.15, 0.2) is 34.8 Å². The molecule has 1 heterocycles. The summed E-state index contributed by atoms with van der Waals surface area (Å²) in [4.78, 5) is 7.14. The van der Waals surface area contributed by atoms with Crippen LogP contribution < -0.4 is 0 Å². The van der Waals surface area contributed by atoms with Crippen LogP contribution in [0, 0.1) is 18.6 Å². The summed E-state index contributed by atoms with van der Waals surface area (Å²) in [5, 5.41) is 0. The molecule has 5 heteroatoms. The SMILES string of the molecule is Cc1cccc(-c2nc3c(F)c(F)ccc3[nH]2)c1Br. The maximum atomic E-state index is 13.6. The van der Waals surface area contributed by atoms with E-state index in [2.05, 4.69) is 25.9 Å². The van der Waals surface area contributed by atoms with Crippen LogP contribution in [-0.4, -0.2) is 9.97 Å². The van der Waals surface area contributed by atoms with E-state index in [-0.39, 0.29) is 5.52 Å². The normalized spacial score (nSPS) is 11.2. The van der Waals surface area contributed by atoms with Crippen molar-refractivity contribution in [3.05, 3.63) is 52.0 Å². The Morgan fingerprint density at radius 1 is 1.16 bits per heavy atom. The van der Waals surface area contributed by atoms with Crippen molar-refractivity contribution < 1.29 is 8.78 Å². The van der Waals surface area contributed by atoms with Gasteiger partial charge in [0.05, 0.1) is 5.52 Å². The summed E-state index contributed by atoms with van der Waals surface area (Å²) in [6.07, 6.45) is 0. The van der Waals surface area contributed by atoms with Crippen molar-refractivity contribution in [1.82, 2.24) is 9.97 Å². The van der Waals surface area contributed by atoms with Gasteiger partial charge in [-0.2, -0.15) is 0 Å². The van der Waals surface area contributed by atoms with E-state index in [0.717, 1.165) is 21.7 Å². The van der Waals surface area contributed by atoms with Crippen LogP contribution in [0.1, 0.15) is 5.56 Å². The molecule has 3 aromatic rings. The van der Waals surface area contributed by atoms with Crippen molar-refractivity contribution >= 4 is 27.0 Å². The second-order valence-electron chi connectivity index (χ2n) is 4.28. The molecule has 0 atom stereocenters. The molecule has 3 rings (SSSR count). The van der Waals surface area contributed by atoms with E-state index in [4.69, 9.17) is 0 Å². The van der Waals surface area contributed by atoms with Crippen molar-refractivity contribution in [2.75, 3.05) is 0 Å². The maximum Gasteiger partial charge on any atom is 0.186 e. The highest BCUT2D eigenvalue weighted by atomic mass is 79.9. The Balaban J connectivity index is 2.27. The van der Waals surface area contributed by atoms with Crippen molar-refractivity contribution in [2.45, 2.75) is 6.92 Å². The molecule has 96 valence electrons. The largest absolute Gasteiger partial charge is 0.338 e. The van der Waals surface area contributed by atoms with Gasteiger partial charge >= 0.3 is 0 Å². The van der Waals surface area contributed by atoms with Gasteiger partial charge in [0.2, 0.25) is 0 Å². The lowest BCUT2D eigenvalue weighted by molar-refractivity contribution is 0.515. The first-order valence-electron chi connectivity index (χ1n) is 5.67. The molecule has 0 radical (unpaired) electrons. The molecular formula is C14H9BrF2N2. The van der Waals surface area contributed by atoms with Gasteiger partial charge < -0.3 is 4.98 Å². The molecule has 0 amide bonds. The fourth-order valence-corrected chi connectivity index (χ4v) is 2.43. The Kier molecular flexibility index (Phi) is 2.86. The van der Waals surface area contributed by atoms with E-state index in [1.165, 1.54) is 6.07 Å². The Morgan fingerprint density at radius 2 is 1.95 bits per heavy atom. The number of fused-ring (bicyclic) bond motifs is 1. The molecule has 0 aliphatic heterocycles. The van der Waals surface area contributed by atoms with Gasteiger partial charge in [-0.25, -0.2) is 13.8 Å². The highest BCUT2D eigenvalue weighted by Crippen LogP contribution is 2.31. The zero-order valence-corrected chi connectivity index (χ0v) is 11.6. The van der Waals surface area contributed by atoms with Crippen LogP contribution in [0.2, 0.25) is 0 Å². The zero-order valence-electron chi connectivity index (χ0n) is 9.97. The minimum atomic E-state index is -0.927. The van der Waals surface area contributed by atoms with E-state index >= 15 is 0 Å². The second kappa shape index (κ2) is 4.42. The lowest BCUT2D eigenvalue weighted by atomic mass is 10.1. The monoisotopic (exact) mass is 322 g/mol. The molecule has 0 spiro atoms. The number of nitrogens with zero attached hydrogens (tertiary/aromatic N) is 1. The van der Waals surface area contributed by atoms with E-state index in [9.17, 15) is 8.78 Å². The zero-order chi connectivity index (χ0) is 13.6. The summed E-state index contributed by atoms with van der Waals surface area (Å²) < 4.78 is 27.7. The molecule has 0 saturated heterocycles. The summed E-state index contributed by atoms with van der Waals surface area (Å²) in [5.41, 5.74) is 2.35. The molecule has 1 aromatic heterocycles. The van der Waals surface area contributed by atoms with Crippen molar-refractivity contribution in [2.24, 2.45) is 0 Å². The number of imidazole rings is 1. The Morgan fingerprint density at radius 3 is 2.74 bits per heavy atom. The van der Waals surface area contributed by atoms with Gasteiger partial charge in [-0.15, -0.1) is 0 Å². The van der Waals surface area contributed by atoms with E-state index in [1.54, 1.807) is 0 Å². The van der Waals surface area contributed by atoms with Crippen molar-refractivity contribution in [1.29, 1.82) is 0 Å². The number of aromatic nitrogens is 2. The van der Waals surface area contributed by atoms with E-state index in [0.29, 0.717) is 11.3 Å². The Bertz CT molecular complexity index is 780. The molecule has 2 aromatic carbocycles. The van der Waals surface area contributed by atoms with Crippen LogP contribution in [0.4, 0.5) is 8.78 Å². The molecule has 1 N–H and O–H groups in total. The van der Waals surface area contributed by atoms with Gasteiger partial charge in [-0.1, -0.05) is 18.2 Å². The summed E-state index contributed by atoms with van der Waals surface area (Å²) in [5.74, 6) is -1.31. The third kappa shape index (κ3) is 1.94. The number of nitrogens with one attached hydrogen (secondary N) is 1. The Hall–Kier alpha value is -1.75. The molecule has 0 saturated carbocycles. The van der Waals surface area contributed by atoms with Crippen LogP contribution in [0.3, 0.4) is 0 Å². The van der Waals surface area contributed by atoms with Crippen molar-refractivity contribution in [3.8, 4) is 11.4 Å². The topological polar surface area (TPSA) is 28.7 Å². The summed E-state index contributed by atoms with van der Waals surface area (Å²) in [6.45, 7) is 1.95.